The molecule has 0 fully saturated rings. The number of hydrogen-bond acceptors (Lipinski definition) is 4. The third-order valence-corrected chi connectivity index (χ3v) is 3.05. The highest BCUT2D eigenvalue weighted by atomic mass is 32.2. The van der Waals surface area contributed by atoms with Gasteiger partial charge < -0.3 is 15.2 Å². The topological polar surface area (TPSA) is 44.5 Å². The second-order valence-corrected chi connectivity index (χ2v) is 4.98. The van der Waals surface area contributed by atoms with Crippen molar-refractivity contribution < 1.29 is 9.47 Å². The zero-order valence-corrected chi connectivity index (χ0v) is 12.1. The van der Waals surface area contributed by atoms with Crippen LogP contribution in [-0.2, 0) is 6.42 Å². The van der Waals surface area contributed by atoms with E-state index in [0.29, 0.717) is 6.54 Å². The molecule has 0 spiro atoms. The standard InChI is InChI=1S/C14H23NO2S/c1-3-8-16-13-5-4-12(6-7-15)14(11-13)17-9-10-18-2/h4-5,11H,3,6-10,15H2,1-2H3. The first-order chi connectivity index (χ1) is 8.81. The molecular formula is C14H23NO2S. The molecule has 1 aromatic rings. The van der Waals surface area contributed by atoms with E-state index in [-0.39, 0.29) is 0 Å². The van der Waals surface area contributed by atoms with Gasteiger partial charge in [0.1, 0.15) is 11.5 Å². The Hall–Kier alpha value is -0.870. The van der Waals surface area contributed by atoms with Gasteiger partial charge in [0.2, 0.25) is 0 Å². The van der Waals surface area contributed by atoms with Crippen molar-refractivity contribution in [1.29, 1.82) is 0 Å². The molecule has 0 aromatic heterocycles. The highest BCUT2D eigenvalue weighted by molar-refractivity contribution is 7.98. The molecule has 2 N–H and O–H groups in total. The van der Waals surface area contributed by atoms with Gasteiger partial charge in [0, 0.05) is 11.8 Å². The summed E-state index contributed by atoms with van der Waals surface area (Å²) in [5.41, 5.74) is 6.77. The van der Waals surface area contributed by atoms with E-state index in [4.69, 9.17) is 15.2 Å². The van der Waals surface area contributed by atoms with Crippen LogP contribution in [0.2, 0.25) is 0 Å². The second kappa shape index (κ2) is 9.11. The maximum Gasteiger partial charge on any atom is 0.126 e. The summed E-state index contributed by atoms with van der Waals surface area (Å²) in [4.78, 5) is 0. The SMILES string of the molecule is CCCOc1ccc(CCN)c(OCCSC)c1. The molecule has 1 rings (SSSR count). The fourth-order valence-electron chi connectivity index (χ4n) is 1.58. The molecule has 0 aliphatic rings. The minimum Gasteiger partial charge on any atom is -0.493 e. The molecule has 3 nitrogen and oxygen atoms in total. The summed E-state index contributed by atoms with van der Waals surface area (Å²) in [7, 11) is 0. The quantitative estimate of drug-likeness (QED) is 0.700. The molecule has 0 heterocycles. The highest BCUT2D eigenvalue weighted by Gasteiger charge is 2.05. The van der Waals surface area contributed by atoms with E-state index in [1.165, 1.54) is 0 Å². The molecule has 0 aliphatic carbocycles. The molecule has 18 heavy (non-hydrogen) atoms. The number of hydrogen-bond donors (Lipinski definition) is 1. The number of rotatable bonds is 9. The minimum absolute atomic E-state index is 0.633. The van der Waals surface area contributed by atoms with Crippen LogP contribution in [-0.4, -0.2) is 31.8 Å². The van der Waals surface area contributed by atoms with E-state index in [1.54, 1.807) is 11.8 Å². The van der Waals surface area contributed by atoms with Gasteiger partial charge in [-0.15, -0.1) is 0 Å². The van der Waals surface area contributed by atoms with E-state index >= 15 is 0 Å². The van der Waals surface area contributed by atoms with Gasteiger partial charge in [0.15, 0.2) is 0 Å². The van der Waals surface area contributed by atoms with Gasteiger partial charge in [-0.05, 0) is 37.3 Å². The molecular weight excluding hydrogens is 246 g/mol. The van der Waals surface area contributed by atoms with Crippen molar-refractivity contribution in [1.82, 2.24) is 0 Å². The Morgan fingerprint density at radius 1 is 1.22 bits per heavy atom. The third-order valence-electron chi connectivity index (χ3n) is 2.47. The lowest BCUT2D eigenvalue weighted by molar-refractivity contribution is 0.308. The van der Waals surface area contributed by atoms with Crippen LogP contribution < -0.4 is 15.2 Å². The third kappa shape index (κ3) is 5.19. The molecule has 0 amide bonds. The predicted octanol–water partition coefficient (Wildman–Crippen LogP) is 2.72. The Balaban J connectivity index is 2.71. The van der Waals surface area contributed by atoms with Crippen LogP contribution in [0.5, 0.6) is 11.5 Å². The average molecular weight is 269 g/mol. The lowest BCUT2D eigenvalue weighted by Gasteiger charge is -2.13. The van der Waals surface area contributed by atoms with Crippen molar-refractivity contribution in [2.24, 2.45) is 5.73 Å². The lowest BCUT2D eigenvalue weighted by atomic mass is 10.1. The average Bonchev–Trinajstić information content (AvgIpc) is 2.39. The predicted molar refractivity (Wildman–Crippen MR) is 78.9 cm³/mol. The maximum atomic E-state index is 5.79. The highest BCUT2D eigenvalue weighted by Crippen LogP contribution is 2.25. The molecule has 102 valence electrons. The lowest BCUT2D eigenvalue weighted by Crippen LogP contribution is -2.07. The van der Waals surface area contributed by atoms with Crippen LogP contribution in [0.15, 0.2) is 18.2 Å². The van der Waals surface area contributed by atoms with Crippen molar-refractivity contribution in [3.63, 3.8) is 0 Å². The van der Waals surface area contributed by atoms with Gasteiger partial charge in [0.05, 0.1) is 13.2 Å². The van der Waals surface area contributed by atoms with E-state index in [0.717, 1.165) is 48.9 Å². The zero-order valence-electron chi connectivity index (χ0n) is 11.3. The van der Waals surface area contributed by atoms with E-state index in [1.807, 2.05) is 18.2 Å². The second-order valence-electron chi connectivity index (χ2n) is 4.00. The summed E-state index contributed by atoms with van der Waals surface area (Å²) in [5, 5.41) is 0. The smallest absolute Gasteiger partial charge is 0.126 e. The van der Waals surface area contributed by atoms with Crippen molar-refractivity contribution in [3.8, 4) is 11.5 Å². The van der Waals surface area contributed by atoms with Crippen molar-refractivity contribution in [3.05, 3.63) is 23.8 Å². The van der Waals surface area contributed by atoms with E-state index in [9.17, 15) is 0 Å². The molecule has 0 saturated carbocycles. The molecule has 0 radical (unpaired) electrons. The summed E-state index contributed by atoms with van der Waals surface area (Å²) >= 11 is 1.78. The Morgan fingerprint density at radius 3 is 2.72 bits per heavy atom. The van der Waals surface area contributed by atoms with Crippen molar-refractivity contribution in [2.45, 2.75) is 19.8 Å². The van der Waals surface area contributed by atoms with E-state index < -0.39 is 0 Å². The largest absolute Gasteiger partial charge is 0.493 e. The van der Waals surface area contributed by atoms with Gasteiger partial charge in [0.25, 0.3) is 0 Å². The zero-order chi connectivity index (χ0) is 13.2. The normalized spacial score (nSPS) is 10.4. The van der Waals surface area contributed by atoms with Crippen molar-refractivity contribution in [2.75, 3.05) is 31.8 Å². The fraction of sp³-hybridized carbons (Fsp3) is 0.571. The first-order valence-corrected chi connectivity index (χ1v) is 7.78. The Labute approximate surface area is 114 Å². The minimum atomic E-state index is 0.633. The van der Waals surface area contributed by atoms with Crippen molar-refractivity contribution >= 4 is 11.8 Å². The van der Waals surface area contributed by atoms with Crippen LogP contribution in [0.3, 0.4) is 0 Å². The number of ether oxygens (including phenoxy) is 2. The van der Waals surface area contributed by atoms with Gasteiger partial charge in [-0.1, -0.05) is 13.0 Å². The molecule has 0 saturated heterocycles. The Kier molecular flexibility index (Phi) is 7.69. The number of benzene rings is 1. The Bertz CT molecular complexity index is 345. The first-order valence-electron chi connectivity index (χ1n) is 6.39. The van der Waals surface area contributed by atoms with Gasteiger partial charge in [-0.25, -0.2) is 0 Å². The maximum absolute atomic E-state index is 5.79. The van der Waals surface area contributed by atoms with Gasteiger partial charge in [-0.2, -0.15) is 11.8 Å². The monoisotopic (exact) mass is 269 g/mol. The van der Waals surface area contributed by atoms with E-state index in [2.05, 4.69) is 13.2 Å². The summed E-state index contributed by atoms with van der Waals surface area (Å²) < 4.78 is 11.4. The van der Waals surface area contributed by atoms with Crippen LogP contribution >= 0.6 is 11.8 Å². The van der Waals surface area contributed by atoms with Gasteiger partial charge in [-0.3, -0.25) is 0 Å². The summed E-state index contributed by atoms with van der Waals surface area (Å²) in [5.74, 6) is 2.77. The first kappa shape index (κ1) is 15.2. The molecule has 4 heteroatoms. The molecule has 0 atom stereocenters. The summed E-state index contributed by atoms with van der Waals surface area (Å²) in [6, 6.07) is 6.01. The molecule has 1 aromatic carbocycles. The fourth-order valence-corrected chi connectivity index (χ4v) is 1.83. The number of nitrogens with two attached hydrogens (primary N) is 1. The van der Waals surface area contributed by atoms with Crippen LogP contribution in [0, 0.1) is 0 Å². The van der Waals surface area contributed by atoms with Crippen LogP contribution in [0.25, 0.3) is 0 Å². The molecule has 0 unspecified atom stereocenters. The molecule has 0 bridgehead atoms. The summed E-state index contributed by atoms with van der Waals surface area (Å²) in [6.45, 7) is 4.18. The van der Waals surface area contributed by atoms with Crippen LogP contribution in [0.4, 0.5) is 0 Å². The number of thioether (sulfide) groups is 1. The molecule has 0 aliphatic heterocycles. The van der Waals surface area contributed by atoms with Crippen LogP contribution in [0.1, 0.15) is 18.9 Å². The Morgan fingerprint density at radius 2 is 2.06 bits per heavy atom. The van der Waals surface area contributed by atoms with Gasteiger partial charge >= 0.3 is 0 Å². The summed E-state index contributed by atoms with van der Waals surface area (Å²) in [6.07, 6.45) is 3.92.